The lowest BCUT2D eigenvalue weighted by molar-refractivity contribution is -0.384. The van der Waals surface area contributed by atoms with Gasteiger partial charge in [0.1, 0.15) is 11.3 Å². The highest BCUT2D eigenvalue weighted by molar-refractivity contribution is 5.97. The number of hydrogen-bond donors (Lipinski definition) is 1. The van der Waals surface area contributed by atoms with Crippen LogP contribution in [0.2, 0.25) is 0 Å². The van der Waals surface area contributed by atoms with Crippen LogP contribution in [-0.2, 0) is 0 Å². The zero-order valence-corrected chi connectivity index (χ0v) is 16.7. The highest BCUT2D eigenvalue weighted by atomic mass is 16.6. The van der Waals surface area contributed by atoms with E-state index in [-0.39, 0.29) is 11.4 Å². The number of aryl methyl sites for hydroxylation is 1. The summed E-state index contributed by atoms with van der Waals surface area (Å²) in [6.45, 7) is 1.97. The average molecular weight is 418 g/mol. The Balaban J connectivity index is 1.46. The predicted molar refractivity (Wildman–Crippen MR) is 115 cm³/mol. The van der Waals surface area contributed by atoms with E-state index in [0.717, 1.165) is 22.7 Å². The molecule has 0 aliphatic carbocycles. The maximum Gasteiger partial charge on any atom is 0.307 e. The zero-order chi connectivity index (χ0) is 22.0. The first-order valence-corrected chi connectivity index (χ1v) is 9.29. The summed E-state index contributed by atoms with van der Waals surface area (Å²) in [5, 5.41) is 15.3. The number of hydrazone groups is 1. The van der Waals surface area contributed by atoms with Gasteiger partial charge in [0.2, 0.25) is 0 Å². The Morgan fingerprint density at radius 3 is 2.68 bits per heavy atom. The number of carbonyl (C=O) groups excluding carboxylic acids is 1. The SMILES string of the molecule is COc1ccc(-n2cc(/C=N\NC(=O)c3cc4cc([N+](=O)[O-])ccc4o3)cc2C)cc1. The molecule has 2 heterocycles. The largest absolute Gasteiger partial charge is 0.497 e. The van der Waals surface area contributed by atoms with Crippen LogP contribution in [0.25, 0.3) is 16.7 Å². The van der Waals surface area contributed by atoms with E-state index in [1.807, 2.05) is 48.0 Å². The van der Waals surface area contributed by atoms with Crippen molar-refractivity contribution >= 4 is 28.8 Å². The molecule has 2 aromatic heterocycles. The van der Waals surface area contributed by atoms with Gasteiger partial charge in [0.15, 0.2) is 5.76 Å². The molecule has 4 aromatic rings. The molecule has 0 aliphatic rings. The minimum Gasteiger partial charge on any atom is -0.497 e. The molecule has 2 aromatic carbocycles. The molecule has 9 nitrogen and oxygen atoms in total. The molecule has 0 saturated carbocycles. The molecule has 4 rings (SSSR count). The first-order chi connectivity index (χ1) is 14.9. The van der Waals surface area contributed by atoms with Gasteiger partial charge in [0.25, 0.3) is 5.69 Å². The normalized spacial score (nSPS) is 11.2. The number of nitro benzene ring substituents is 1. The standard InChI is InChI=1S/C22H18N4O5/c1-14-9-15(13-25(14)17-3-6-19(30-2)7-4-17)12-23-24-22(27)21-11-16-10-18(26(28)29)5-8-20(16)31-21/h3-13H,1-2H3,(H,24,27)/b23-12-. The van der Waals surface area contributed by atoms with E-state index in [2.05, 4.69) is 10.5 Å². The van der Waals surface area contributed by atoms with Gasteiger partial charge < -0.3 is 13.7 Å². The van der Waals surface area contributed by atoms with E-state index in [1.54, 1.807) is 7.11 Å². The molecule has 0 spiro atoms. The minimum absolute atomic E-state index is 0.0135. The number of furan rings is 1. The maximum absolute atomic E-state index is 12.3. The van der Waals surface area contributed by atoms with Gasteiger partial charge in [0, 0.05) is 40.7 Å². The molecule has 0 bridgehead atoms. The number of benzene rings is 2. The van der Waals surface area contributed by atoms with Crippen LogP contribution in [0.1, 0.15) is 21.8 Å². The highest BCUT2D eigenvalue weighted by Gasteiger charge is 2.14. The first kappa shape index (κ1) is 19.9. The Labute approximate surface area is 176 Å². The molecule has 0 aliphatic heterocycles. The summed E-state index contributed by atoms with van der Waals surface area (Å²) >= 11 is 0. The molecule has 0 unspecified atom stereocenters. The molecule has 0 radical (unpaired) electrons. The molecule has 9 heteroatoms. The van der Waals surface area contributed by atoms with Crippen LogP contribution in [0.4, 0.5) is 5.69 Å². The topological polar surface area (TPSA) is 112 Å². The second-order valence-electron chi connectivity index (χ2n) is 6.77. The summed E-state index contributed by atoms with van der Waals surface area (Å²) in [5.41, 5.74) is 5.48. The van der Waals surface area contributed by atoms with Crippen molar-refractivity contribution in [3.05, 3.63) is 87.9 Å². The number of ether oxygens (including phenoxy) is 1. The average Bonchev–Trinajstić information content (AvgIpc) is 3.36. The molecular formula is C22H18N4O5. The van der Waals surface area contributed by atoms with Crippen LogP contribution in [0.15, 0.2) is 70.3 Å². The molecule has 0 saturated heterocycles. The molecule has 31 heavy (non-hydrogen) atoms. The third-order valence-electron chi connectivity index (χ3n) is 4.70. The van der Waals surface area contributed by atoms with Crippen molar-refractivity contribution in [1.82, 2.24) is 9.99 Å². The Kier molecular flexibility index (Phi) is 5.23. The van der Waals surface area contributed by atoms with Crippen LogP contribution in [-0.4, -0.2) is 28.7 Å². The Hall–Kier alpha value is -4.40. The van der Waals surface area contributed by atoms with E-state index in [1.165, 1.54) is 30.5 Å². The first-order valence-electron chi connectivity index (χ1n) is 9.29. The van der Waals surface area contributed by atoms with Gasteiger partial charge in [-0.15, -0.1) is 0 Å². The maximum atomic E-state index is 12.3. The van der Waals surface area contributed by atoms with Crippen molar-refractivity contribution in [2.45, 2.75) is 6.92 Å². The van der Waals surface area contributed by atoms with Crippen LogP contribution >= 0.6 is 0 Å². The second kappa shape index (κ2) is 8.15. The molecule has 1 amide bonds. The molecule has 156 valence electrons. The van der Waals surface area contributed by atoms with E-state index in [0.29, 0.717) is 11.0 Å². The minimum atomic E-state index is -0.554. The summed E-state index contributed by atoms with van der Waals surface area (Å²) < 4.78 is 12.6. The van der Waals surface area contributed by atoms with Crippen molar-refractivity contribution in [3.8, 4) is 11.4 Å². The van der Waals surface area contributed by atoms with E-state index < -0.39 is 10.8 Å². The summed E-state index contributed by atoms with van der Waals surface area (Å²) in [4.78, 5) is 22.7. The van der Waals surface area contributed by atoms with Crippen molar-refractivity contribution in [2.24, 2.45) is 5.10 Å². The second-order valence-corrected chi connectivity index (χ2v) is 6.77. The van der Waals surface area contributed by atoms with Gasteiger partial charge in [-0.1, -0.05) is 0 Å². The monoisotopic (exact) mass is 418 g/mol. The van der Waals surface area contributed by atoms with Gasteiger partial charge in [-0.05, 0) is 49.4 Å². The molecular weight excluding hydrogens is 400 g/mol. The summed E-state index contributed by atoms with van der Waals surface area (Å²) in [6, 6.07) is 15.2. The zero-order valence-electron chi connectivity index (χ0n) is 16.7. The lowest BCUT2D eigenvalue weighted by Gasteiger charge is -2.06. The Morgan fingerprint density at radius 2 is 1.97 bits per heavy atom. The van der Waals surface area contributed by atoms with Crippen LogP contribution < -0.4 is 10.2 Å². The lowest BCUT2D eigenvalue weighted by Crippen LogP contribution is -2.16. The molecule has 0 atom stereocenters. The number of non-ortho nitro benzene ring substituents is 1. The third kappa shape index (κ3) is 4.15. The summed E-state index contributed by atoms with van der Waals surface area (Å²) in [5.74, 6) is 0.235. The Morgan fingerprint density at radius 1 is 1.19 bits per heavy atom. The summed E-state index contributed by atoms with van der Waals surface area (Å²) in [6.07, 6.45) is 3.42. The number of amides is 1. The number of rotatable bonds is 6. The van der Waals surface area contributed by atoms with E-state index in [4.69, 9.17) is 9.15 Å². The highest BCUT2D eigenvalue weighted by Crippen LogP contribution is 2.24. The predicted octanol–water partition coefficient (Wildman–Crippen LogP) is 4.21. The number of carbonyl (C=O) groups is 1. The third-order valence-corrected chi connectivity index (χ3v) is 4.70. The number of nitrogens with zero attached hydrogens (tertiary/aromatic N) is 3. The van der Waals surface area contributed by atoms with Gasteiger partial charge in [0.05, 0.1) is 18.2 Å². The number of methoxy groups -OCH3 is 1. The van der Waals surface area contributed by atoms with E-state index in [9.17, 15) is 14.9 Å². The fraction of sp³-hybridized carbons (Fsp3) is 0.0909. The van der Waals surface area contributed by atoms with Crippen LogP contribution in [0, 0.1) is 17.0 Å². The van der Waals surface area contributed by atoms with Crippen molar-refractivity contribution < 1.29 is 18.9 Å². The van der Waals surface area contributed by atoms with Crippen molar-refractivity contribution in [2.75, 3.05) is 7.11 Å². The number of aromatic nitrogens is 1. The number of nitro groups is 1. The fourth-order valence-corrected chi connectivity index (χ4v) is 3.17. The lowest BCUT2D eigenvalue weighted by atomic mass is 10.2. The van der Waals surface area contributed by atoms with Crippen LogP contribution in [0.3, 0.4) is 0 Å². The van der Waals surface area contributed by atoms with E-state index >= 15 is 0 Å². The number of hydrogen-bond acceptors (Lipinski definition) is 6. The van der Waals surface area contributed by atoms with Crippen LogP contribution in [0.5, 0.6) is 5.75 Å². The molecule has 1 N–H and O–H groups in total. The van der Waals surface area contributed by atoms with Gasteiger partial charge in [-0.2, -0.15) is 5.10 Å². The summed E-state index contributed by atoms with van der Waals surface area (Å²) in [7, 11) is 1.62. The number of fused-ring (bicyclic) bond motifs is 1. The Bertz CT molecular complexity index is 1300. The van der Waals surface area contributed by atoms with Gasteiger partial charge in [-0.25, -0.2) is 5.43 Å². The number of nitrogens with one attached hydrogen (secondary N) is 1. The van der Waals surface area contributed by atoms with Crippen molar-refractivity contribution in [1.29, 1.82) is 0 Å². The van der Waals surface area contributed by atoms with Gasteiger partial charge in [-0.3, -0.25) is 14.9 Å². The smallest absolute Gasteiger partial charge is 0.307 e. The molecule has 0 fully saturated rings. The van der Waals surface area contributed by atoms with Gasteiger partial charge >= 0.3 is 5.91 Å². The van der Waals surface area contributed by atoms with Crippen molar-refractivity contribution in [3.63, 3.8) is 0 Å². The fourth-order valence-electron chi connectivity index (χ4n) is 3.17. The quantitative estimate of drug-likeness (QED) is 0.286.